The first kappa shape index (κ1) is 15.5. The van der Waals surface area contributed by atoms with Gasteiger partial charge in [0.2, 0.25) is 0 Å². The quantitative estimate of drug-likeness (QED) is 0.526. The lowest BCUT2D eigenvalue weighted by molar-refractivity contribution is -0.134. The summed E-state index contributed by atoms with van der Waals surface area (Å²) < 4.78 is 0. The van der Waals surface area contributed by atoms with Gasteiger partial charge in [-0.15, -0.1) is 0 Å². The van der Waals surface area contributed by atoms with Crippen molar-refractivity contribution in [2.75, 3.05) is 13.6 Å². The van der Waals surface area contributed by atoms with E-state index in [-0.39, 0.29) is 24.2 Å². The first-order valence-corrected chi connectivity index (χ1v) is 7.87. The topological polar surface area (TPSA) is 73.5 Å². The van der Waals surface area contributed by atoms with E-state index in [0.717, 1.165) is 24.2 Å². The zero-order chi connectivity index (χ0) is 16.6. The van der Waals surface area contributed by atoms with Gasteiger partial charge in [-0.25, -0.2) is 4.79 Å². The lowest BCUT2D eigenvalue weighted by Crippen LogP contribution is -2.51. The molecule has 0 aromatic carbocycles. The highest BCUT2D eigenvalue weighted by Crippen LogP contribution is 2.39. The zero-order valence-corrected chi connectivity index (χ0v) is 13.4. The Morgan fingerprint density at radius 2 is 2.17 bits per heavy atom. The number of ketones is 1. The van der Waals surface area contributed by atoms with Crippen molar-refractivity contribution in [3.63, 3.8) is 0 Å². The molecule has 1 aromatic rings. The molecule has 0 saturated carbocycles. The number of urea groups is 1. The molecule has 6 nitrogen and oxygen atoms in total. The largest absolute Gasteiger partial charge is 0.359 e. The number of Topliss-reactive ketones (excluding diaryl/α,β-unsaturated/α-hetero) is 1. The van der Waals surface area contributed by atoms with Crippen LogP contribution in [-0.4, -0.2) is 51.6 Å². The Morgan fingerprint density at radius 1 is 1.39 bits per heavy atom. The molecule has 0 bridgehead atoms. The summed E-state index contributed by atoms with van der Waals surface area (Å²) in [6, 6.07) is 2.96. The average Bonchev–Trinajstić information content (AvgIpc) is 3.16. The van der Waals surface area contributed by atoms with E-state index in [1.165, 1.54) is 4.90 Å². The Labute approximate surface area is 135 Å². The molecule has 1 fully saturated rings. The number of carbonyl (C=O) groups excluding carboxylic acids is 3. The highest BCUT2D eigenvalue weighted by Gasteiger charge is 2.56. The Morgan fingerprint density at radius 3 is 2.78 bits per heavy atom. The summed E-state index contributed by atoms with van der Waals surface area (Å²) in [5.74, 6) is -0.456. The lowest BCUT2D eigenvalue weighted by Gasteiger charge is -2.37. The van der Waals surface area contributed by atoms with Gasteiger partial charge in [-0.3, -0.25) is 14.5 Å². The maximum Gasteiger partial charge on any atom is 0.327 e. The van der Waals surface area contributed by atoms with Crippen molar-refractivity contribution in [2.45, 2.75) is 31.7 Å². The smallest absolute Gasteiger partial charge is 0.327 e. The minimum Gasteiger partial charge on any atom is -0.359 e. The number of carbonyl (C=O) groups is 3. The number of aromatic nitrogens is 1. The fraction of sp³-hybridized carbons (Fsp3) is 0.471. The van der Waals surface area contributed by atoms with Gasteiger partial charge in [0, 0.05) is 13.2 Å². The van der Waals surface area contributed by atoms with Gasteiger partial charge in [0.1, 0.15) is 5.54 Å². The number of hydrogen-bond acceptors (Lipinski definition) is 3. The summed E-state index contributed by atoms with van der Waals surface area (Å²) in [5, 5.41) is 0. The molecule has 23 heavy (non-hydrogen) atoms. The molecule has 1 N–H and O–H groups in total. The molecule has 2 heterocycles. The molecule has 0 radical (unpaired) electrons. The monoisotopic (exact) mass is 315 g/mol. The van der Waals surface area contributed by atoms with Crippen LogP contribution < -0.4 is 0 Å². The van der Waals surface area contributed by atoms with E-state index in [9.17, 15) is 14.4 Å². The molecule has 122 valence electrons. The number of likely N-dealkylation sites (N-methyl/N-ethyl adjacent to an activating group) is 1. The van der Waals surface area contributed by atoms with Crippen LogP contribution in [0.3, 0.4) is 0 Å². The standard InChI is InChI=1S/C17H21N3O3/c1-17(12-7-4-3-5-8-12)15(22)20(16(23)19(17)2)11-14(21)13-9-6-10-18-13/h3-4,6,9-10,12,18H,5,7-8,11H2,1-2H3. The molecular weight excluding hydrogens is 294 g/mol. The highest BCUT2D eigenvalue weighted by molar-refractivity contribution is 6.10. The van der Waals surface area contributed by atoms with Crippen molar-refractivity contribution in [3.8, 4) is 0 Å². The molecule has 6 heteroatoms. The molecule has 3 amide bonds. The van der Waals surface area contributed by atoms with E-state index < -0.39 is 11.6 Å². The Bertz CT molecular complexity index is 665. The van der Waals surface area contributed by atoms with Gasteiger partial charge in [-0.1, -0.05) is 12.2 Å². The van der Waals surface area contributed by atoms with Crippen molar-refractivity contribution in [1.82, 2.24) is 14.8 Å². The van der Waals surface area contributed by atoms with E-state index in [0.29, 0.717) is 5.69 Å². The van der Waals surface area contributed by atoms with Gasteiger partial charge in [0.25, 0.3) is 5.91 Å². The summed E-state index contributed by atoms with van der Waals surface area (Å²) in [5.41, 5.74) is -0.472. The predicted molar refractivity (Wildman–Crippen MR) is 84.9 cm³/mol. The lowest BCUT2D eigenvalue weighted by atomic mass is 9.77. The molecule has 1 aliphatic carbocycles. The van der Waals surface area contributed by atoms with Gasteiger partial charge in [-0.05, 0) is 44.2 Å². The molecule has 1 aliphatic heterocycles. The van der Waals surface area contributed by atoms with Crippen LogP contribution in [0.2, 0.25) is 0 Å². The first-order chi connectivity index (χ1) is 11.0. The minimum atomic E-state index is -0.877. The third-order valence-corrected chi connectivity index (χ3v) is 5.16. The van der Waals surface area contributed by atoms with Gasteiger partial charge in [-0.2, -0.15) is 0 Å². The van der Waals surface area contributed by atoms with E-state index in [2.05, 4.69) is 17.1 Å². The van der Waals surface area contributed by atoms with Crippen LogP contribution in [0.4, 0.5) is 4.79 Å². The molecule has 2 unspecified atom stereocenters. The van der Waals surface area contributed by atoms with E-state index in [4.69, 9.17) is 0 Å². The summed E-state index contributed by atoms with van der Waals surface area (Å²) in [4.78, 5) is 43.1. The summed E-state index contributed by atoms with van der Waals surface area (Å²) in [6.45, 7) is 1.59. The van der Waals surface area contributed by atoms with Crippen LogP contribution in [0, 0.1) is 5.92 Å². The van der Waals surface area contributed by atoms with Crippen LogP contribution in [-0.2, 0) is 4.79 Å². The molecule has 1 aromatic heterocycles. The van der Waals surface area contributed by atoms with Gasteiger partial charge >= 0.3 is 6.03 Å². The van der Waals surface area contributed by atoms with Crippen molar-refractivity contribution in [1.29, 1.82) is 0 Å². The second-order valence-electron chi connectivity index (χ2n) is 6.37. The van der Waals surface area contributed by atoms with Crippen LogP contribution in [0.5, 0.6) is 0 Å². The van der Waals surface area contributed by atoms with Crippen molar-refractivity contribution >= 4 is 17.7 Å². The minimum absolute atomic E-state index is 0.0829. The Hall–Kier alpha value is -2.37. The number of imide groups is 1. The first-order valence-electron chi connectivity index (χ1n) is 7.87. The SMILES string of the molecule is CN1C(=O)N(CC(=O)c2ccc[nH]2)C(=O)C1(C)C1CC=CCC1. The van der Waals surface area contributed by atoms with Crippen LogP contribution >= 0.6 is 0 Å². The number of nitrogens with zero attached hydrogens (tertiary/aromatic N) is 2. The third kappa shape index (κ3) is 2.38. The summed E-state index contributed by atoms with van der Waals surface area (Å²) in [7, 11) is 1.65. The Balaban J connectivity index is 1.83. The number of hydrogen-bond donors (Lipinski definition) is 1. The number of allylic oxidation sites excluding steroid dienone is 2. The van der Waals surface area contributed by atoms with Crippen molar-refractivity contribution in [3.05, 3.63) is 36.2 Å². The molecule has 0 spiro atoms. The van der Waals surface area contributed by atoms with E-state index in [1.54, 1.807) is 25.4 Å². The van der Waals surface area contributed by atoms with Crippen LogP contribution in [0.25, 0.3) is 0 Å². The van der Waals surface area contributed by atoms with Gasteiger partial charge in [0.05, 0.1) is 12.2 Å². The van der Waals surface area contributed by atoms with Crippen LogP contribution in [0.15, 0.2) is 30.5 Å². The number of rotatable bonds is 4. The van der Waals surface area contributed by atoms with Gasteiger partial charge < -0.3 is 9.88 Å². The fourth-order valence-electron chi connectivity index (χ4n) is 3.51. The van der Waals surface area contributed by atoms with Crippen LogP contribution in [0.1, 0.15) is 36.7 Å². The van der Waals surface area contributed by atoms with E-state index >= 15 is 0 Å². The third-order valence-electron chi connectivity index (χ3n) is 5.16. The normalized spacial score (nSPS) is 27.8. The van der Waals surface area contributed by atoms with Gasteiger partial charge in [0.15, 0.2) is 5.78 Å². The average molecular weight is 315 g/mol. The molecule has 2 aliphatic rings. The maximum absolute atomic E-state index is 12.9. The number of nitrogens with one attached hydrogen (secondary N) is 1. The van der Waals surface area contributed by atoms with Crippen molar-refractivity contribution < 1.29 is 14.4 Å². The number of aromatic amines is 1. The highest BCUT2D eigenvalue weighted by atomic mass is 16.2. The van der Waals surface area contributed by atoms with Crippen molar-refractivity contribution in [2.24, 2.45) is 5.92 Å². The second-order valence-corrected chi connectivity index (χ2v) is 6.37. The fourth-order valence-corrected chi connectivity index (χ4v) is 3.51. The molecule has 3 rings (SSSR count). The summed E-state index contributed by atoms with van der Waals surface area (Å²) >= 11 is 0. The Kier molecular flexibility index (Phi) is 3.83. The van der Waals surface area contributed by atoms with E-state index in [1.807, 2.05) is 6.92 Å². The second kappa shape index (κ2) is 5.68. The molecular formula is C17H21N3O3. The molecule has 1 saturated heterocycles. The predicted octanol–water partition coefficient (Wildman–Crippen LogP) is 2.21. The molecule has 2 atom stereocenters. The summed E-state index contributed by atoms with van der Waals surface area (Å²) in [6.07, 6.45) is 8.38. The number of amides is 3. The number of H-pyrrole nitrogens is 1. The maximum atomic E-state index is 12.9. The zero-order valence-electron chi connectivity index (χ0n) is 13.4.